The lowest BCUT2D eigenvalue weighted by atomic mass is 9.75. The maximum atomic E-state index is 11.4. The van der Waals surface area contributed by atoms with Crippen molar-refractivity contribution in [3.05, 3.63) is 18.0 Å². The fourth-order valence-electron chi connectivity index (χ4n) is 2.01. The van der Waals surface area contributed by atoms with Gasteiger partial charge in [0.2, 0.25) is 0 Å². The van der Waals surface area contributed by atoms with Crippen molar-refractivity contribution in [2.75, 3.05) is 13.2 Å². The first-order valence-electron chi connectivity index (χ1n) is 4.95. The first-order chi connectivity index (χ1) is 7.15. The second-order valence-corrected chi connectivity index (χ2v) is 3.90. The number of nitrogens with zero attached hydrogens (tertiary/aromatic N) is 2. The van der Waals surface area contributed by atoms with E-state index >= 15 is 0 Å². The van der Waals surface area contributed by atoms with E-state index in [0.29, 0.717) is 26.1 Å². The first-order valence-corrected chi connectivity index (χ1v) is 4.95. The molecule has 2 heterocycles. The van der Waals surface area contributed by atoms with Gasteiger partial charge in [-0.25, -0.2) is 0 Å². The summed E-state index contributed by atoms with van der Waals surface area (Å²) >= 11 is 0. The third-order valence-corrected chi connectivity index (χ3v) is 3.01. The van der Waals surface area contributed by atoms with Crippen LogP contribution in [0, 0.1) is 0 Å². The fourth-order valence-corrected chi connectivity index (χ4v) is 2.01. The Balaban J connectivity index is 2.37. The molecule has 15 heavy (non-hydrogen) atoms. The van der Waals surface area contributed by atoms with Crippen LogP contribution in [0.3, 0.4) is 0 Å². The van der Waals surface area contributed by atoms with Crippen molar-refractivity contribution in [1.82, 2.24) is 9.78 Å². The van der Waals surface area contributed by atoms with E-state index in [0.717, 1.165) is 5.56 Å². The molecule has 1 aromatic heterocycles. The number of hydrogen-bond acceptors (Lipinski definition) is 3. The Kier molecular flexibility index (Phi) is 2.48. The molecule has 5 nitrogen and oxygen atoms in total. The van der Waals surface area contributed by atoms with Crippen LogP contribution < -0.4 is 0 Å². The van der Waals surface area contributed by atoms with E-state index in [4.69, 9.17) is 4.74 Å². The monoisotopic (exact) mass is 210 g/mol. The van der Waals surface area contributed by atoms with Crippen LogP contribution in [0.15, 0.2) is 12.4 Å². The van der Waals surface area contributed by atoms with Gasteiger partial charge in [0.15, 0.2) is 0 Å². The van der Waals surface area contributed by atoms with E-state index in [-0.39, 0.29) is 0 Å². The number of carboxylic acid groups (broad SMARTS) is 1. The van der Waals surface area contributed by atoms with Gasteiger partial charge < -0.3 is 9.84 Å². The van der Waals surface area contributed by atoms with Crippen LogP contribution in [-0.2, 0) is 22.0 Å². The molecule has 1 fully saturated rings. The molecule has 0 aromatic carbocycles. The second kappa shape index (κ2) is 3.66. The zero-order chi connectivity index (χ0) is 10.9. The molecular formula is C10H14N2O3. The van der Waals surface area contributed by atoms with Crippen LogP contribution >= 0.6 is 0 Å². The lowest BCUT2D eigenvalue weighted by molar-refractivity contribution is -0.147. The quantitative estimate of drug-likeness (QED) is 0.774. The predicted molar refractivity (Wildman–Crippen MR) is 52.6 cm³/mol. The molecular weight excluding hydrogens is 196 g/mol. The molecule has 0 unspecified atom stereocenters. The van der Waals surface area contributed by atoms with Gasteiger partial charge in [0.05, 0.1) is 6.20 Å². The summed E-state index contributed by atoms with van der Waals surface area (Å²) in [4.78, 5) is 11.4. The van der Waals surface area contributed by atoms with Crippen molar-refractivity contribution < 1.29 is 14.6 Å². The van der Waals surface area contributed by atoms with Gasteiger partial charge in [-0.2, -0.15) is 5.10 Å². The maximum Gasteiger partial charge on any atom is 0.314 e. The fraction of sp³-hybridized carbons (Fsp3) is 0.600. The number of carbonyl (C=O) groups is 1. The zero-order valence-corrected chi connectivity index (χ0v) is 8.64. The lowest BCUT2D eigenvalue weighted by Gasteiger charge is -2.32. The molecule has 2 rings (SSSR count). The molecule has 0 spiro atoms. The molecule has 0 radical (unpaired) electrons. The molecule has 0 amide bonds. The minimum atomic E-state index is -0.799. The summed E-state index contributed by atoms with van der Waals surface area (Å²) in [6.45, 7) is 1.00. The summed E-state index contributed by atoms with van der Waals surface area (Å²) in [5.74, 6) is -0.779. The second-order valence-electron chi connectivity index (χ2n) is 3.90. The Morgan fingerprint density at radius 1 is 1.60 bits per heavy atom. The summed E-state index contributed by atoms with van der Waals surface area (Å²) < 4.78 is 6.85. The highest BCUT2D eigenvalue weighted by atomic mass is 16.5. The van der Waals surface area contributed by atoms with Gasteiger partial charge in [0, 0.05) is 32.0 Å². The van der Waals surface area contributed by atoms with Crippen LogP contribution in [0.25, 0.3) is 0 Å². The summed E-state index contributed by atoms with van der Waals surface area (Å²) in [7, 11) is 1.79. The maximum absolute atomic E-state index is 11.4. The number of aliphatic carboxylic acids is 1. The average molecular weight is 210 g/mol. The Morgan fingerprint density at radius 3 is 2.73 bits per heavy atom. The molecule has 0 saturated carbocycles. The van der Waals surface area contributed by atoms with Gasteiger partial charge >= 0.3 is 5.97 Å². The van der Waals surface area contributed by atoms with Crippen LogP contribution in [0.4, 0.5) is 0 Å². The van der Waals surface area contributed by atoms with E-state index in [1.807, 2.05) is 0 Å². The Hall–Kier alpha value is -1.36. The number of ether oxygens (including phenoxy) is 1. The molecule has 0 aliphatic carbocycles. The number of aromatic nitrogens is 2. The third kappa shape index (κ3) is 1.63. The predicted octanol–water partition coefficient (Wildman–Crippen LogP) is 0.553. The van der Waals surface area contributed by atoms with E-state index in [1.54, 1.807) is 24.1 Å². The van der Waals surface area contributed by atoms with E-state index in [9.17, 15) is 9.90 Å². The van der Waals surface area contributed by atoms with Gasteiger partial charge in [-0.05, 0) is 12.8 Å². The molecule has 0 atom stereocenters. The first kappa shape index (κ1) is 10.2. The number of hydrogen-bond donors (Lipinski definition) is 1. The number of aryl methyl sites for hydroxylation is 1. The van der Waals surface area contributed by atoms with Crippen LogP contribution in [0.2, 0.25) is 0 Å². The van der Waals surface area contributed by atoms with Crippen LogP contribution in [0.1, 0.15) is 18.4 Å². The molecule has 82 valence electrons. The Labute approximate surface area is 87.7 Å². The van der Waals surface area contributed by atoms with E-state index < -0.39 is 11.4 Å². The van der Waals surface area contributed by atoms with Crippen molar-refractivity contribution in [2.45, 2.75) is 18.3 Å². The zero-order valence-electron chi connectivity index (χ0n) is 8.64. The molecule has 1 aliphatic heterocycles. The van der Waals surface area contributed by atoms with Crippen molar-refractivity contribution in [2.24, 2.45) is 7.05 Å². The molecule has 1 aromatic rings. The topological polar surface area (TPSA) is 64.4 Å². The Bertz CT molecular complexity index is 366. The minimum absolute atomic E-state index is 0.501. The average Bonchev–Trinajstić information content (AvgIpc) is 2.66. The smallest absolute Gasteiger partial charge is 0.314 e. The van der Waals surface area contributed by atoms with Gasteiger partial charge in [-0.3, -0.25) is 9.48 Å². The molecule has 1 saturated heterocycles. The van der Waals surface area contributed by atoms with E-state index in [2.05, 4.69) is 5.10 Å². The lowest BCUT2D eigenvalue weighted by Crippen LogP contribution is -2.41. The van der Waals surface area contributed by atoms with Gasteiger partial charge in [-0.15, -0.1) is 0 Å². The summed E-state index contributed by atoms with van der Waals surface area (Å²) in [6, 6.07) is 0. The van der Waals surface area contributed by atoms with Gasteiger partial charge in [-0.1, -0.05) is 0 Å². The van der Waals surface area contributed by atoms with Gasteiger partial charge in [0.25, 0.3) is 0 Å². The van der Waals surface area contributed by atoms with Crippen molar-refractivity contribution in [1.29, 1.82) is 0 Å². The van der Waals surface area contributed by atoms with Crippen LogP contribution in [-0.4, -0.2) is 34.1 Å². The summed E-state index contributed by atoms with van der Waals surface area (Å²) in [6.07, 6.45) is 4.46. The molecule has 5 heteroatoms. The third-order valence-electron chi connectivity index (χ3n) is 3.01. The standard InChI is InChI=1S/C10H14N2O3/c1-12-7-8(6-11-12)10(9(13)14)2-4-15-5-3-10/h6-7H,2-5H2,1H3,(H,13,14). The molecule has 1 N–H and O–H groups in total. The highest BCUT2D eigenvalue weighted by Crippen LogP contribution is 2.34. The Morgan fingerprint density at radius 2 is 2.27 bits per heavy atom. The highest BCUT2D eigenvalue weighted by molar-refractivity contribution is 5.81. The van der Waals surface area contributed by atoms with Crippen LogP contribution in [0.5, 0.6) is 0 Å². The number of carboxylic acids is 1. The van der Waals surface area contributed by atoms with E-state index in [1.165, 1.54) is 0 Å². The highest BCUT2D eigenvalue weighted by Gasteiger charge is 2.42. The van der Waals surface area contributed by atoms with Crippen molar-refractivity contribution in [3.63, 3.8) is 0 Å². The molecule has 1 aliphatic rings. The molecule has 0 bridgehead atoms. The SMILES string of the molecule is Cn1cc(C2(C(=O)O)CCOCC2)cn1. The minimum Gasteiger partial charge on any atom is -0.481 e. The number of rotatable bonds is 2. The summed E-state index contributed by atoms with van der Waals surface area (Å²) in [5, 5.41) is 13.4. The van der Waals surface area contributed by atoms with Crippen molar-refractivity contribution in [3.8, 4) is 0 Å². The van der Waals surface area contributed by atoms with Crippen molar-refractivity contribution >= 4 is 5.97 Å². The normalized spacial score (nSPS) is 20.1. The largest absolute Gasteiger partial charge is 0.481 e. The van der Waals surface area contributed by atoms with Gasteiger partial charge in [0.1, 0.15) is 5.41 Å². The summed E-state index contributed by atoms with van der Waals surface area (Å²) in [5.41, 5.74) is -0.0206.